The number of anilines is 4. The lowest BCUT2D eigenvalue weighted by atomic mass is 9.95. The molecule has 1 aliphatic heterocycles. The quantitative estimate of drug-likeness (QED) is 0.281. The van der Waals surface area contributed by atoms with Crippen LogP contribution in [0, 0.1) is 6.92 Å². The molecule has 0 amide bonds. The van der Waals surface area contributed by atoms with E-state index in [1.165, 1.54) is 0 Å². The molecular formula is C31H32N2O4. The van der Waals surface area contributed by atoms with Crippen LogP contribution in [-0.4, -0.2) is 42.5 Å². The molecular weight excluding hydrogens is 464 g/mol. The first kappa shape index (κ1) is 24.4. The molecule has 0 radical (unpaired) electrons. The van der Waals surface area contributed by atoms with Gasteiger partial charge < -0.3 is 28.7 Å². The van der Waals surface area contributed by atoms with Crippen LogP contribution in [0.1, 0.15) is 5.56 Å². The van der Waals surface area contributed by atoms with Crippen molar-refractivity contribution in [1.29, 1.82) is 0 Å². The van der Waals surface area contributed by atoms with E-state index in [0.29, 0.717) is 0 Å². The summed E-state index contributed by atoms with van der Waals surface area (Å²) in [4.78, 5) is 4.50. The summed E-state index contributed by atoms with van der Waals surface area (Å²) in [7, 11) is 11.0. The fourth-order valence-electron chi connectivity index (χ4n) is 5.35. The van der Waals surface area contributed by atoms with E-state index in [4.69, 9.17) is 18.9 Å². The number of fused-ring (bicyclic) bond motifs is 2. The molecule has 0 bridgehead atoms. The van der Waals surface area contributed by atoms with Gasteiger partial charge in [-0.15, -0.1) is 0 Å². The van der Waals surface area contributed by atoms with Gasteiger partial charge in [-0.1, -0.05) is 18.2 Å². The average molecular weight is 497 g/mol. The van der Waals surface area contributed by atoms with E-state index in [9.17, 15) is 0 Å². The zero-order chi connectivity index (χ0) is 26.3. The maximum Gasteiger partial charge on any atom is 0.130 e. The van der Waals surface area contributed by atoms with E-state index in [1.807, 2.05) is 36.4 Å². The minimum Gasteiger partial charge on any atom is -0.496 e. The normalized spacial score (nSPS) is 12.1. The van der Waals surface area contributed by atoms with E-state index >= 15 is 0 Å². The van der Waals surface area contributed by atoms with Crippen molar-refractivity contribution in [2.45, 2.75) is 6.92 Å². The van der Waals surface area contributed by atoms with Crippen molar-refractivity contribution in [2.75, 3.05) is 52.3 Å². The molecule has 0 unspecified atom stereocenters. The summed E-state index contributed by atoms with van der Waals surface area (Å²) in [6, 6.07) is 22.6. The number of methoxy groups -OCH3 is 4. The lowest BCUT2D eigenvalue weighted by Crippen LogP contribution is -2.25. The van der Waals surface area contributed by atoms with E-state index in [-0.39, 0.29) is 0 Å². The van der Waals surface area contributed by atoms with Crippen molar-refractivity contribution in [3.05, 3.63) is 72.3 Å². The first-order valence-electron chi connectivity index (χ1n) is 12.1. The Hall–Kier alpha value is -4.32. The maximum absolute atomic E-state index is 5.70. The van der Waals surface area contributed by atoms with Crippen LogP contribution in [-0.2, 0) is 0 Å². The first-order chi connectivity index (χ1) is 17.9. The second-order valence-electron chi connectivity index (χ2n) is 9.06. The topological polar surface area (TPSA) is 43.4 Å². The number of benzene rings is 4. The lowest BCUT2D eigenvalue weighted by molar-refractivity contribution is 0.397. The van der Waals surface area contributed by atoms with Gasteiger partial charge in [-0.2, -0.15) is 0 Å². The Bertz CT molecular complexity index is 1440. The van der Waals surface area contributed by atoms with Crippen LogP contribution in [0.2, 0.25) is 0 Å². The summed E-state index contributed by atoms with van der Waals surface area (Å²) in [5, 5.41) is 0. The van der Waals surface area contributed by atoms with Gasteiger partial charge in [0.25, 0.3) is 0 Å². The smallest absolute Gasteiger partial charge is 0.130 e. The van der Waals surface area contributed by atoms with Crippen molar-refractivity contribution in [3.8, 4) is 45.3 Å². The minimum atomic E-state index is 0.776. The standard InChI is InChI=1S/C31H32N2O4/c1-19-16-21(30-27(36-6)12-9-13-28(30)37-7)18-24-31(19)33(3)23-17-20(14-15-22(23)32(24)2)29-25(34-4)10-8-11-26(29)35-5/h8-18H,1-7H3. The third-order valence-corrected chi connectivity index (χ3v) is 7.11. The van der Waals surface area contributed by atoms with Crippen LogP contribution in [0.3, 0.4) is 0 Å². The molecule has 6 nitrogen and oxygen atoms in total. The summed E-state index contributed by atoms with van der Waals surface area (Å²) in [6.45, 7) is 2.15. The number of hydrogen-bond donors (Lipinski definition) is 0. The van der Waals surface area contributed by atoms with Gasteiger partial charge in [-0.3, -0.25) is 0 Å². The molecule has 0 aromatic heterocycles. The summed E-state index contributed by atoms with van der Waals surface area (Å²) in [5.41, 5.74) is 9.58. The van der Waals surface area contributed by atoms with Crippen molar-refractivity contribution in [3.63, 3.8) is 0 Å². The van der Waals surface area contributed by atoms with Gasteiger partial charge >= 0.3 is 0 Å². The van der Waals surface area contributed by atoms with E-state index < -0.39 is 0 Å². The number of rotatable bonds is 6. The molecule has 5 rings (SSSR count). The summed E-state index contributed by atoms with van der Waals surface area (Å²) in [5.74, 6) is 3.11. The van der Waals surface area contributed by atoms with E-state index in [1.54, 1.807) is 28.4 Å². The fraction of sp³-hybridized carbons (Fsp3) is 0.226. The first-order valence-corrected chi connectivity index (χ1v) is 12.1. The third-order valence-electron chi connectivity index (χ3n) is 7.11. The molecule has 37 heavy (non-hydrogen) atoms. The zero-order valence-electron chi connectivity index (χ0n) is 22.4. The van der Waals surface area contributed by atoms with Crippen LogP contribution in [0.15, 0.2) is 66.7 Å². The number of hydrogen-bond acceptors (Lipinski definition) is 6. The molecule has 4 aromatic rings. The Morgan fingerprint density at radius 1 is 0.514 bits per heavy atom. The van der Waals surface area contributed by atoms with E-state index in [0.717, 1.165) is 73.6 Å². The van der Waals surface area contributed by atoms with Gasteiger partial charge in [-0.25, -0.2) is 0 Å². The Morgan fingerprint density at radius 3 is 1.51 bits per heavy atom. The minimum absolute atomic E-state index is 0.776. The van der Waals surface area contributed by atoms with Gasteiger partial charge in [0.2, 0.25) is 0 Å². The van der Waals surface area contributed by atoms with Gasteiger partial charge in [-0.05, 0) is 72.1 Å². The van der Waals surface area contributed by atoms with Crippen molar-refractivity contribution < 1.29 is 18.9 Å². The maximum atomic E-state index is 5.70. The number of ether oxygens (including phenoxy) is 4. The second kappa shape index (κ2) is 9.62. The van der Waals surface area contributed by atoms with Gasteiger partial charge in [0.05, 0.1) is 62.3 Å². The molecule has 0 spiro atoms. The molecule has 0 fully saturated rings. The molecule has 0 saturated heterocycles. The summed E-state index contributed by atoms with van der Waals surface area (Å²) >= 11 is 0. The Labute approximate surface area is 218 Å². The van der Waals surface area contributed by atoms with Crippen LogP contribution < -0.4 is 28.7 Å². The molecule has 1 aliphatic rings. The molecule has 6 heteroatoms. The molecule has 0 N–H and O–H groups in total. The molecule has 0 saturated carbocycles. The Morgan fingerprint density at radius 2 is 1.00 bits per heavy atom. The molecule has 1 heterocycles. The Kier molecular flexibility index (Phi) is 6.34. The summed E-state index contributed by atoms with van der Waals surface area (Å²) < 4.78 is 22.8. The van der Waals surface area contributed by atoms with E-state index in [2.05, 4.69) is 61.2 Å². The highest BCUT2D eigenvalue weighted by Gasteiger charge is 2.28. The number of aryl methyl sites for hydroxylation is 1. The van der Waals surface area contributed by atoms with Crippen molar-refractivity contribution >= 4 is 22.7 Å². The highest BCUT2D eigenvalue weighted by molar-refractivity contribution is 5.98. The van der Waals surface area contributed by atoms with Crippen LogP contribution >= 0.6 is 0 Å². The monoisotopic (exact) mass is 496 g/mol. The molecule has 0 atom stereocenters. The highest BCUT2D eigenvalue weighted by atomic mass is 16.5. The lowest BCUT2D eigenvalue weighted by Gasteiger charge is -2.38. The van der Waals surface area contributed by atoms with Gasteiger partial charge in [0.1, 0.15) is 23.0 Å². The number of nitrogens with zero attached hydrogens (tertiary/aromatic N) is 2. The van der Waals surface area contributed by atoms with Crippen LogP contribution in [0.25, 0.3) is 22.3 Å². The molecule has 190 valence electrons. The Balaban J connectivity index is 1.66. The van der Waals surface area contributed by atoms with Gasteiger partial charge in [0, 0.05) is 14.1 Å². The third kappa shape index (κ3) is 3.89. The molecule has 4 aromatic carbocycles. The predicted octanol–water partition coefficient (Wildman–Crippen LogP) is 7.21. The summed E-state index contributed by atoms with van der Waals surface area (Å²) in [6.07, 6.45) is 0. The zero-order valence-corrected chi connectivity index (χ0v) is 22.4. The largest absolute Gasteiger partial charge is 0.496 e. The van der Waals surface area contributed by atoms with Gasteiger partial charge in [0.15, 0.2) is 0 Å². The second-order valence-corrected chi connectivity index (χ2v) is 9.06. The van der Waals surface area contributed by atoms with Crippen molar-refractivity contribution in [2.24, 2.45) is 0 Å². The molecule has 0 aliphatic carbocycles. The average Bonchev–Trinajstić information content (AvgIpc) is 2.94. The van der Waals surface area contributed by atoms with Crippen LogP contribution in [0.5, 0.6) is 23.0 Å². The fourth-order valence-corrected chi connectivity index (χ4v) is 5.35. The van der Waals surface area contributed by atoms with Crippen LogP contribution in [0.4, 0.5) is 22.7 Å². The highest BCUT2D eigenvalue weighted by Crippen LogP contribution is 2.52. The van der Waals surface area contributed by atoms with Crippen molar-refractivity contribution in [1.82, 2.24) is 0 Å². The predicted molar refractivity (Wildman–Crippen MR) is 151 cm³/mol. The SMILES string of the molecule is COc1cccc(OC)c1-c1ccc2c(c1)N(C)c1c(C)cc(-c3c(OC)cccc3OC)cc1N2C.